The van der Waals surface area contributed by atoms with Crippen LogP contribution in [0.2, 0.25) is 0 Å². The van der Waals surface area contributed by atoms with E-state index in [1.807, 2.05) is 0 Å². The number of hydrogen-bond acceptors (Lipinski definition) is 5. The van der Waals surface area contributed by atoms with E-state index in [2.05, 4.69) is 34.5 Å². The summed E-state index contributed by atoms with van der Waals surface area (Å²) in [4.78, 5) is 5.31. The maximum atomic E-state index is 5.61. The predicted octanol–water partition coefficient (Wildman–Crippen LogP) is 2.46. The first-order valence-electron chi connectivity index (χ1n) is 4.53. The fraction of sp³-hybridized carbons (Fsp3) is 0.200. The molecule has 0 fully saturated rings. The van der Waals surface area contributed by atoms with Gasteiger partial charge in [-0.15, -0.1) is 0 Å². The lowest BCUT2D eigenvalue weighted by Gasteiger charge is -2.04. The molecule has 78 valence electrons. The van der Waals surface area contributed by atoms with Crippen molar-refractivity contribution in [3.05, 3.63) is 35.7 Å². The van der Waals surface area contributed by atoms with Gasteiger partial charge in [-0.05, 0) is 41.7 Å². The summed E-state index contributed by atoms with van der Waals surface area (Å²) in [7, 11) is 0. The highest BCUT2D eigenvalue weighted by Gasteiger charge is 2.02. The van der Waals surface area contributed by atoms with E-state index in [0.717, 1.165) is 4.34 Å². The second-order valence-electron chi connectivity index (χ2n) is 3.10. The van der Waals surface area contributed by atoms with E-state index < -0.39 is 0 Å². The first-order valence-corrected chi connectivity index (χ1v) is 6.12. The number of nitrogens with zero attached hydrogens (tertiary/aromatic N) is 2. The van der Waals surface area contributed by atoms with Gasteiger partial charge in [0, 0.05) is 11.4 Å². The molecule has 1 aromatic heterocycles. The van der Waals surface area contributed by atoms with E-state index >= 15 is 0 Å². The fourth-order valence-corrected chi connectivity index (χ4v) is 2.79. The van der Waals surface area contributed by atoms with Crippen LogP contribution in [0.25, 0.3) is 0 Å². The summed E-state index contributed by atoms with van der Waals surface area (Å²) in [5.41, 5.74) is 8.03. The van der Waals surface area contributed by atoms with E-state index in [9.17, 15) is 0 Å². The third-order valence-electron chi connectivity index (χ3n) is 2.08. The average molecular weight is 237 g/mol. The largest absolute Gasteiger partial charge is 0.326 e. The van der Waals surface area contributed by atoms with Gasteiger partial charge in [0.25, 0.3) is 0 Å². The maximum Gasteiger partial charge on any atom is 0.174 e. The zero-order chi connectivity index (χ0) is 10.7. The van der Waals surface area contributed by atoms with Crippen molar-refractivity contribution in [2.75, 3.05) is 0 Å². The Balaban J connectivity index is 2.20. The van der Waals surface area contributed by atoms with E-state index in [4.69, 9.17) is 5.73 Å². The highest BCUT2D eigenvalue weighted by atomic mass is 32.2. The van der Waals surface area contributed by atoms with Gasteiger partial charge in [0.05, 0.1) is 0 Å². The Bertz CT molecular complexity index is 440. The van der Waals surface area contributed by atoms with E-state index in [1.165, 1.54) is 27.6 Å². The zero-order valence-corrected chi connectivity index (χ0v) is 9.94. The van der Waals surface area contributed by atoms with Gasteiger partial charge >= 0.3 is 0 Å². The maximum absolute atomic E-state index is 5.61. The molecule has 0 atom stereocenters. The Morgan fingerprint density at radius 2 is 2.33 bits per heavy atom. The number of benzene rings is 1. The fourth-order valence-electron chi connectivity index (χ4n) is 1.27. The van der Waals surface area contributed by atoms with Crippen LogP contribution < -0.4 is 5.73 Å². The molecule has 0 unspecified atom stereocenters. The summed E-state index contributed by atoms with van der Waals surface area (Å²) in [5, 5.41) is 0. The molecule has 0 saturated carbocycles. The summed E-state index contributed by atoms with van der Waals surface area (Å²) in [6, 6.07) is 6.27. The smallest absolute Gasteiger partial charge is 0.174 e. The van der Waals surface area contributed by atoms with Crippen molar-refractivity contribution in [1.82, 2.24) is 9.36 Å². The van der Waals surface area contributed by atoms with Crippen molar-refractivity contribution in [3.8, 4) is 0 Å². The number of nitrogens with two attached hydrogens (primary N) is 1. The lowest BCUT2D eigenvalue weighted by atomic mass is 10.1. The summed E-state index contributed by atoms with van der Waals surface area (Å²) in [6.45, 7) is 2.67. The zero-order valence-electron chi connectivity index (χ0n) is 8.30. The first kappa shape index (κ1) is 10.6. The monoisotopic (exact) mass is 237 g/mol. The van der Waals surface area contributed by atoms with Crippen molar-refractivity contribution < 1.29 is 0 Å². The van der Waals surface area contributed by atoms with Crippen LogP contribution in [0.1, 0.15) is 11.1 Å². The Hall–Kier alpha value is -0.910. The average Bonchev–Trinajstić information content (AvgIpc) is 2.71. The second-order valence-corrected chi connectivity index (χ2v) is 5.20. The van der Waals surface area contributed by atoms with Gasteiger partial charge in [0.1, 0.15) is 6.33 Å². The molecule has 0 aliphatic carbocycles. The minimum atomic E-state index is 0.593. The molecule has 0 spiro atoms. The summed E-state index contributed by atoms with van der Waals surface area (Å²) in [6.07, 6.45) is 1.58. The normalized spacial score (nSPS) is 10.5. The number of aromatic nitrogens is 2. The van der Waals surface area contributed by atoms with Gasteiger partial charge in [0.15, 0.2) is 4.34 Å². The summed E-state index contributed by atoms with van der Waals surface area (Å²) >= 11 is 3.04. The third kappa shape index (κ3) is 2.56. The molecule has 0 aliphatic heterocycles. The summed E-state index contributed by atoms with van der Waals surface area (Å²) in [5.74, 6) is 0. The Kier molecular flexibility index (Phi) is 3.35. The molecule has 0 radical (unpaired) electrons. The molecular weight excluding hydrogens is 226 g/mol. The van der Waals surface area contributed by atoms with E-state index in [-0.39, 0.29) is 0 Å². The van der Waals surface area contributed by atoms with Crippen molar-refractivity contribution in [2.45, 2.75) is 22.7 Å². The molecule has 1 heterocycles. The highest BCUT2D eigenvalue weighted by molar-refractivity contribution is 8.01. The Morgan fingerprint density at radius 1 is 1.47 bits per heavy atom. The minimum absolute atomic E-state index is 0.593. The molecule has 5 heteroatoms. The number of hydrogen-bond donors (Lipinski definition) is 1. The topological polar surface area (TPSA) is 51.8 Å². The van der Waals surface area contributed by atoms with Gasteiger partial charge in [0.2, 0.25) is 0 Å². The van der Waals surface area contributed by atoms with Crippen molar-refractivity contribution in [2.24, 2.45) is 5.73 Å². The minimum Gasteiger partial charge on any atom is -0.326 e. The highest BCUT2D eigenvalue weighted by Crippen LogP contribution is 2.29. The molecule has 0 aliphatic rings. The van der Waals surface area contributed by atoms with Gasteiger partial charge < -0.3 is 5.73 Å². The molecule has 0 bridgehead atoms. The molecule has 15 heavy (non-hydrogen) atoms. The Labute approximate surface area is 96.9 Å². The van der Waals surface area contributed by atoms with Gasteiger partial charge in [-0.3, -0.25) is 0 Å². The van der Waals surface area contributed by atoms with Crippen LogP contribution in [-0.2, 0) is 6.54 Å². The molecular formula is C10H11N3S2. The quantitative estimate of drug-likeness (QED) is 0.891. The predicted molar refractivity (Wildman–Crippen MR) is 63.1 cm³/mol. The van der Waals surface area contributed by atoms with Crippen molar-refractivity contribution >= 4 is 23.3 Å². The second kappa shape index (κ2) is 4.74. The summed E-state index contributed by atoms with van der Waals surface area (Å²) < 4.78 is 4.93. The van der Waals surface area contributed by atoms with E-state index in [0.29, 0.717) is 6.54 Å². The third-order valence-corrected chi connectivity index (χ3v) is 3.78. The number of aryl methyl sites for hydroxylation is 1. The van der Waals surface area contributed by atoms with Crippen molar-refractivity contribution in [3.63, 3.8) is 0 Å². The standard InChI is InChI=1S/C10H11N3S2/c1-7-4-9(3-2-8(7)5-11)14-10-12-6-13-15-10/h2-4,6H,5,11H2,1H3. The van der Waals surface area contributed by atoms with E-state index in [1.54, 1.807) is 18.1 Å². The lowest BCUT2D eigenvalue weighted by Crippen LogP contribution is -1.98. The molecule has 2 rings (SSSR count). The van der Waals surface area contributed by atoms with Crippen LogP contribution in [-0.4, -0.2) is 9.36 Å². The molecule has 1 aromatic carbocycles. The molecule has 2 aromatic rings. The van der Waals surface area contributed by atoms with Crippen LogP contribution in [0.5, 0.6) is 0 Å². The van der Waals surface area contributed by atoms with Crippen LogP contribution in [0.15, 0.2) is 33.8 Å². The van der Waals surface area contributed by atoms with Crippen LogP contribution >= 0.6 is 23.3 Å². The lowest BCUT2D eigenvalue weighted by molar-refractivity contribution is 1.04. The van der Waals surface area contributed by atoms with Crippen LogP contribution in [0.3, 0.4) is 0 Å². The Morgan fingerprint density at radius 3 is 2.93 bits per heavy atom. The molecule has 0 saturated heterocycles. The first-order chi connectivity index (χ1) is 7.29. The SMILES string of the molecule is Cc1cc(Sc2ncns2)ccc1CN. The van der Waals surface area contributed by atoms with Crippen molar-refractivity contribution in [1.29, 1.82) is 0 Å². The van der Waals surface area contributed by atoms with Gasteiger partial charge in [-0.1, -0.05) is 17.8 Å². The molecule has 3 nitrogen and oxygen atoms in total. The van der Waals surface area contributed by atoms with Gasteiger partial charge in [-0.25, -0.2) is 4.98 Å². The van der Waals surface area contributed by atoms with Crippen LogP contribution in [0, 0.1) is 6.92 Å². The van der Waals surface area contributed by atoms with Gasteiger partial charge in [-0.2, -0.15) is 4.37 Å². The molecule has 2 N–H and O–H groups in total. The van der Waals surface area contributed by atoms with Crippen LogP contribution in [0.4, 0.5) is 0 Å². The number of rotatable bonds is 3. The molecule has 0 amide bonds.